The van der Waals surface area contributed by atoms with Crippen molar-refractivity contribution < 1.29 is 13.2 Å². The molecule has 0 spiro atoms. The van der Waals surface area contributed by atoms with Gasteiger partial charge >= 0.3 is 0 Å². The Labute approximate surface area is 69.8 Å². The lowest BCUT2D eigenvalue weighted by Crippen LogP contribution is -2.53. The third-order valence-electron chi connectivity index (χ3n) is 1.40. The molecule has 0 aliphatic carbocycles. The number of hydrogen-bond donors (Lipinski definition) is 1. The van der Waals surface area contributed by atoms with Crippen molar-refractivity contribution in [3.8, 4) is 0 Å². The standard InChI is InChI=1S/C5H8ClNO3S/c6-1-5(8)7-4-2-11(9,10)3-4/h4H,1-3H2,(H,7,8). The average molecular weight is 198 g/mol. The zero-order valence-electron chi connectivity index (χ0n) is 5.71. The van der Waals surface area contributed by atoms with Gasteiger partial charge in [0.2, 0.25) is 5.91 Å². The molecule has 0 unspecified atom stereocenters. The molecule has 11 heavy (non-hydrogen) atoms. The fourth-order valence-corrected chi connectivity index (χ4v) is 2.29. The summed E-state index contributed by atoms with van der Waals surface area (Å²) in [6.07, 6.45) is 0. The summed E-state index contributed by atoms with van der Waals surface area (Å²) in [6.45, 7) is 0. The van der Waals surface area contributed by atoms with E-state index in [1.165, 1.54) is 0 Å². The highest BCUT2D eigenvalue weighted by Crippen LogP contribution is 2.09. The lowest BCUT2D eigenvalue weighted by atomic mass is 10.4. The molecule has 0 aromatic rings. The van der Waals surface area contributed by atoms with Crippen LogP contribution >= 0.6 is 11.6 Å². The van der Waals surface area contributed by atoms with Crippen molar-refractivity contribution in [1.29, 1.82) is 0 Å². The molecule has 1 fully saturated rings. The van der Waals surface area contributed by atoms with E-state index < -0.39 is 9.84 Å². The number of carbonyl (C=O) groups excluding carboxylic acids is 1. The Hall–Kier alpha value is -0.290. The first kappa shape index (κ1) is 8.80. The SMILES string of the molecule is O=C(CCl)NC1CS(=O)(=O)C1. The molecule has 0 aromatic carbocycles. The monoisotopic (exact) mass is 197 g/mol. The van der Waals surface area contributed by atoms with Gasteiger partial charge in [0.15, 0.2) is 9.84 Å². The predicted molar refractivity (Wildman–Crippen MR) is 41.3 cm³/mol. The minimum absolute atomic E-state index is 0.0512. The Bertz CT molecular complexity index is 249. The van der Waals surface area contributed by atoms with Crippen LogP contribution in [0.2, 0.25) is 0 Å². The van der Waals surface area contributed by atoms with Gasteiger partial charge < -0.3 is 5.32 Å². The van der Waals surface area contributed by atoms with Crippen LogP contribution < -0.4 is 5.32 Å². The summed E-state index contributed by atoms with van der Waals surface area (Å²) < 4.78 is 21.2. The van der Waals surface area contributed by atoms with E-state index in [9.17, 15) is 13.2 Å². The van der Waals surface area contributed by atoms with E-state index in [-0.39, 0.29) is 29.3 Å². The second-order valence-corrected chi connectivity index (χ2v) is 4.90. The van der Waals surface area contributed by atoms with E-state index in [0.717, 1.165) is 0 Å². The van der Waals surface area contributed by atoms with Crippen LogP contribution in [0.4, 0.5) is 0 Å². The summed E-state index contributed by atoms with van der Waals surface area (Å²) in [5.74, 6) is -0.325. The first-order chi connectivity index (χ1) is 5.03. The molecule has 1 saturated heterocycles. The van der Waals surface area contributed by atoms with Crippen LogP contribution in [0.1, 0.15) is 0 Å². The van der Waals surface area contributed by atoms with Crippen LogP contribution in [0.3, 0.4) is 0 Å². The van der Waals surface area contributed by atoms with Crippen molar-refractivity contribution in [2.24, 2.45) is 0 Å². The number of amides is 1. The zero-order chi connectivity index (χ0) is 8.48. The van der Waals surface area contributed by atoms with Crippen molar-refractivity contribution in [1.82, 2.24) is 5.32 Å². The molecule has 0 bridgehead atoms. The van der Waals surface area contributed by atoms with Gasteiger partial charge in [-0.15, -0.1) is 11.6 Å². The fraction of sp³-hybridized carbons (Fsp3) is 0.800. The molecule has 0 atom stereocenters. The van der Waals surface area contributed by atoms with Gasteiger partial charge in [0.05, 0.1) is 17.5 Å². The molecule has 0 saturated carbocycles. The Morgan fingerprint density at radius 3 is 2.45 bits per heavy atom. The van der Waals surface area contributed by atoms with E-state index in [1.807, 2.05) is 0 Å². The largest absolute Gasteiger partial charge is 0.350 e. The highest BCUT2D eigenvalue weighted by Gasteiger charge is 2.33. The molecule has 0 aromatic heterocycles. The molecule has 64 valence electrons. The molecular weight excluding hydrogens is 190 g/mol. The van der Waals surface area contributed by atoms with E-state index >= 15 is 0 Å². The van der Waals surface area contributed by atoms with E-state index in [0.29, 0.717) is 0 Å². The topological polar surface area (TPSA) is 63.2 Å². The highest BCUT2D eigenvalue weighted by atomic mass is 35.5. The molecule has 1 rings (SSSR count). The summed E-state index contributed by atoms with van der Waals surface area (Å²) in [5, 5.41) is 2.47. The first-order valence-corrected chi connectivity index (χ1v) is 5.45. The summed E-state index contributed by atoms with van der Waals surface area (Å²) >= 11 is 5.19. The lowest BCUT2D eigenvalue weighted by molar-refractivity contribution is -0.119. The molecule has 4 nitrogen and oxygen atoms in total. The average Bonchev–Trinajstić information content (AvgIpc) is 1.83. The predicted octanol–water partition coefficient (Wildman–Crippen LogP) is -0.862. The van der Waals surface area contributed by atoms with Crippen LogP contribution in [0.5, 0.6) is 0 Å². The smallest absolute Gasteiger partial charge is 0.235 e. The third kappa shape index (κ3) is 2.34. The Morgan fingerprint density at radius 1 is 1.55 bits per heavy atom. The number of halogens is 1. The van der Waals surface area contributed by atoms with Crippen molar-refractivity contribution in [3.63, 3.8) is 0 Å². The molecule has 1 amide bonds. The Kier molecular flexibility index (Phi) is 2.39. The molecule has 0 radical (unpaired) electrons. The molecule has 1 heterocycles. The second-order valence-electron chi connectivity index (χ2n) is 2.47. The zero-order valence-corrected chi connectivity index (χ0v) is 7.28. The maximum atomic E-state index is 10.6. The van der Waals surface area contributed by atoms with Crippen LogP contribution in [-0.4, -0.2) is 37.8 Å². The van der Waals surface area contributed by atoms with Crippen molar-refractivity contribution in [3.05, 3.63) is 0 Å². The van der Waals surface area contributed by atoms with Gasteiger partial charge in [-0.2, -0.15) is 0 Å². The number of hydrogen-bond acceptors (Lipinski definition) is 3. The minimum atomic E-state index is -2.84. The Morgan fingerprint density at radius 2 is 2.09 bits per heavy atom. The third-order valence-corrected chi connectivity index (χ3v) is 3.46. The van der Waals surface area contributed by atoms with E-state index in [2.05, 4.69) is 5.32 Å². The normalized spacial score (nSPS) is 22.3. The van der Waals surface area contributed by atoms with Crippen molar-refractivity contribution >= 4 is 27.3 Å². The summed E-state index contributed by atoms with van der Waals surface area (Å²) in [5.41, 5.74) is 0. The van der Waals surface area contributed by atoms with Crippen molar-refractivity contribution in [2.45, 2.75) is 6.04 Å². The summed E-state index contributed by atoms with van der Waals surface area (Å²) in [6, 6.07) is -0.216. The molecule has 1 aliphatic rings. The lowest BCUT2D eigenvalue weighted by Gasteiger charge is -2.25. The van der Waals surface area contributed by atoms with Gasteiger partial charge in [0.1, 0.15) is 5.88 Å². The molecule has 6 heteroatoms. The number of carbonyl (C=O) groups is 1. The van der Waals surface area contributed by atoms with Gasteiger partial charge in [-0.1, -0.05) is 0 Å². The maximum Gasteiger partial charge on any atom is 0.235 e. The maximum absolute atomic E-state index is 10.6. The molecule has 1 N–H and O–H groups in total. The minimum Gasteiger partial charge on any atom is -0.350 e. The van der Waals surface area contributed by atoms with Gasteiger partial charge in [0, 0.05) is 0 Å². The van der Waals surface area contributed by atoms with Crippen LogP contribution in [0.25, 0.3) is 0 Å². The van der Waals surface area contributed by atoms with E-state index in [1.54, 1.807) is 0 Å². The first-order valence-electron chi connectivity index (χ1n) is 3.09. The van der Waals surface area contributed by atoms with E-state index in [4.69, 9.17) is 11.6 Å². The Balaban J connectivity index is 2.29. The van der Waals surface area contributed by atoms with Gasteiger partial charge in [0.25, 0.3) is 0 Å². The van der Waals surface area contributed by atoms with Gasteiger partial charge in [-0.05, 0) is 0 Å². The second kappa shape index (κ2) is 2.98. The summed E-state index contributed by atoms with van der Waals surface area (Å²) in [4.78, 5) is 10.6. The van der Waals surface area contributed by atoms with Crippen LogP contribution in [0, 0.1) is 0 Å². The van der Waals surface area contributed by atoms with Crippen molar-refractivity contribution in [2.75, 3.05) is 17.4 Å². The number of alkyl halides is 1. The van der Waals surface area contributed by atoms with Gasteiger partial charge in [-0.25, -0.2) is 8.42 Å². The number of sulfone groups is 1. The van der Waals surface area contributed by atoms with Gasteiger partial charge in [-0.3, -0.25) is 4.79 Å². The molecule has 1 aliphatic heterocycles. The summed E-state index contributed by atoms with van der Waals surface area (Å²) in [7, 11) is -2.84. The highest BCUT2D eigenvalue weighted by molar-refractivity contribution is 7.92. The fourth-order valence-electron chi connectivity index (χ4n) is 0.914. The number of nitrogens with one attached hydrogen (secondary N) is 1. The quantitative estimate of drug-likeness (QED) is 0.586. The number of rotatable bonds is 2. The van der Waals surface area contributed by atoms with Crippen LogP contribution in [0.15, 0.2) is 0 Å². The van der Waals surface area contributed by atoms with Crippen LogP contribution in [-0.2, 0) is 14.6 Å². The molecular formula is C5H8ClNO3S.